The molecule has 0 radical (unpaired) electrons. The number of nitrogens with zero attached hydrogens (tertiary/aromatic N) is 1. The number of rotatable bonds is 4. The molecule has 0 aliphatic heterocycles. The van der Waals surface area contributed by atoms with Crippen molar-refractivity contribution in [2.24, 2.45) is 0 Å². The number of nitrogens with one attached hydrogen (secondary N) is 1. The third-order valence-electron chi connectivity index (χ3n) is 3.25. The van der Waals surface area contributed by atoms with Crippen LogP contribution in [0.4, 0.5) is 4.39 Å². The fraction of sp³-hybridized carbons (Fsp3) is 0.267. The molecule has 0 saturated carbocycles. The van der Waals surface area contributed by atoms with Gasteiger partial charge in [-0.25, -0.2) is 4.39 Å². The van der Waals surface area contributed by atoms with E-state index in [1.54, 1.807) is 24.5 Å². The quantitative estimate of drug-likeness (QED) is 0.892. The maximum atomic E-state index is 13.3. The number of hydrogen-bond donors (Lipinski definition) is 1. The van der Waals surface area contributed by atoms with E-state index < -0.39 is 0 Å². The van der Waals surface area contributed by atoms with Gasteiger partial charge in [0.15, 0.2) is 0 Å². The molecule has 0 aliphatic carbocycles. The summed E-state index contributed by atoms with van der Waals surface area (Å²) in [6.07, 6.45) is 3.56. The zero-order valence-corrected chi connectivity index (χ0v) is 10.6. The van der Waals surface area contributed by atoms with E-state index in [0.717, 1.165) is 5.56 Å². The molecule has 0 amide bonds. The molecule has 0 fully saturated rings. The van der Waals surface area contributed by atoms with Gasteiger partial charge in [0.05, 0.1) is 0 Å². The minimum Gasteiger partial charge on any atom is -0.312 e. The van der Waals surface area contributed by atoms with Crippen LogP contribution in [0.15, 0.2) is 48.8 Å². The Balaban J connectivity index is 2.29. The molecule has 1 heterocycles. The Morgan fingerprint density at radius 1 is 1.11 bits per heavy atom. The fourth-order valence-electron chi connectivity index (χ4n) is 2.26. The first-order valence-electron chi connectivity index (χ1n) is 6.05. The summed E-state index contributed by atoms with van der Waals surface area (Å²) < 4.78 is 13.3. The normalized spacial score (nSPS) is 14.2. The standard InChI is InChI=1S/C15H17FN2/c1-11(12-6-8-18-9-7-12)15(17-2)13-4-3-5-14(16)10-13/h3-11,15,17H,1-2H3. The van der Waals surface area contributed by atoms with Crippen LogP contribution < -0.4 is 5.32 Å². The average molecular weight is 244 g/mol. The van der Waals surface area contributed by atoms with Crippen LogP contribution in [-0.2, 0) is 0 Å². The zero-order valence-electron chi connectivity index (χ0n) is 10.6. The van der Waals surface area contributed by atoms with Crippen molar-refractivity contribution in [3.8, 4) is 0 Å². The lowest BCUT2D eigenvalue weighted by molar-refractivity contribution is 0.503. The van der Waals surface area contributed by atoms with E-state index in [0.29, 0.717) is 0 Å². The first-order valence-corrected chi connectivity index (χ1v) is 6.05. The van der Waals surface area contributed by atoms with Crippen molar-refractivity contribution in [2.45, 2.75) is 18.9 Å². The Kier molecular flexibility index (Phi) is 4.05. The molecule has 1 aromatic carbocycles. The SMILES string of the molecule is CNC(c1cccc(F)c1)C(C)c1ccncc1. The molecule has 94 valence electrons. The lowest BCUT2D eigenvalue weighted by Gasteiger charge is -2.24. The molecular formula is C15H17FN2. The van der Waals surface area contributed by atoms with Gasteiger partial charge in [-0.05, 0) is 42.4 Å². The van der Waals surface area contributed by atoms with Crippen LogP contribution in [-0.4, -0.2) is 12.0 Å². The highest BCUT2D eigenvalue weighted by Crippen LogP contribution is 2.30. The minimum atomic E-state index is -0.199. The molecular weight excluding hydrogens is 227 g/mol. The smallest absolute Gasteiger partial charge is 0.123 e. The molecule has 3 heteroatoms. The first-order chi connectivity index (χ1) is 8.72. The summed E-state index contributed by atoms with van der Waals surface area (Å²) in [6.45, 7) is 2.13. The highest BCUT2D eigenvalue weighted by molar-refractivity contribution is 5.26. The molecule has 0 spiro atoms. The van der Waals surface area contributed by atoms with Gasteiger partial charge in [0.25, 0.3) is 0 Å². The summed E-state index contributed by atoms with van der Waals surface area (Å²) in [7, 11) is 1.90. The van der Waals surface area contributed by atoms with Crippen LogP contribution in [0, 0.1) is 5.82 Å². The lowest BCUT2D eigenvalue weighted by atomic mass is 9.89. The van der Waals surface area contributed by atoms with Crippen molar-refractivity contribution in [3.05, 3.63) is 65.7 Å². The molecule has 2 atom stereocenters. The average Bonchev–Trinajstić information content (AvgIpc) is 2.40. The Morgan fingerprint density at radius 3 is 2.44 bits per heavy atom. The number of likely N-dealkylation sites (N-methyl/N-ethyl adjacent to an activating group) is 1. The van der Waals surface area contributed by atoms with Crippen molar-refractivity contribution in [1.82, 2.24) is 10.3 Å². The Bertz CT molecular complexity index is 499. The van der Waals surface area contributed by atoms with Gasteiger partial charge in [-0.2, -0.15) is 0 Å². The van der Waals surface area contributed by atoms with Crippen molar-refractivity contribution < 1.29 is 4.39 Å². The van der Waals surface area contributed by atoms with E-state index in [2.05, 4.69) is 17.2 Å². The van der Waals surface area contributed by atoms with Crippen LogP contribution in [0.25, 0.3) is 0 Å². The van der Waals surface area contributed by atoms with E-state index in [9.17, 15) is 4.39 Å². The number of pyridine rings is 1. The van der Waals surface area contributed by atoms with Crippen LogP contribution in [0.2, 0.25) is 0 Å². The first kappa shape index (κ1) is 12.7. The minimum absolute atomic E-state index is 0.0862. The monoisotopic (exact) mass is 244 g/mol. The second kappa shape index (κ2) is 5.74. The van der Waals surface area contributed by atoms with Gasteiger partial charge in [-0.3, -0.25) is 4.98 Å². The Labute approximate surface area is 107 Å². The molecule has 0 bridgehead atoms. The van der Waals surface area contributed by atoms with Crippen molar-refractivity contribution in [1.29, 1.82) is 0 Å². The van der Waals surface area contributed by atoms with Gasteiger partial charge < -0.3 is 5.32 Å². The molecule has 18 heavy (non-hydrogen) atoms. The Hall–Kier alpha value is -1.74. The van der Waals surface area contributed by atoms with E-state index in [-0.39, 0.29) is 17.8 Å². The third kappa shape index (κ3) is 2.74. The van der Waals surface area contributed by atoms with Crippen LogP contribution >= 0.6 is 0 Å². The van der Waals surface area contributed by atoms with Crippen molar-refractivity contribution in [2.75, 3.05) is 7.05 Å². The van der Waals surface area contributed by atoms with E-state index in [1.165, 1.54) is 11.6 Å². The van der Waals surface area contributed by atoms with Crippen LogP contribution in [0.5, 0.6) is 0 Å². The number of aromatic nitrogens is 1. The molecule has 0 aliphatic rings. The highest BCUT2D eigenvalue weighted by atomic mass is 19.1. The van der Waals surface area contributed by atoms with Crippen LogP contribution in [0.3, 0.4) is 0 Å². The lowest BCUT2D eigenvalue weighted by Crippen LogP contribution is -2.22. The number of hydrogen-bond acceptors (Lipinski definition) is 2. The predicted molar refractivity (Wildman–Crippen MR) is 70.9 cm³/mol. The molecule has 1 aromatic heterocycles. The van der Waals surface area contributed by atoms with Gasteiger partial charge in [-0.15, -0.1) is 0 Å². The van der Waals surface area contributed by atoms with Crippen LogP contribution in [0.1, 0.15) is 30.0 Å². The summed E-state index contributed by atoms with van der Waals surface area (Å²) in [5, 5.41) is 3.26. The number of halogens is 1. The molecule has 2 aromatic rings. The van der Waals surface area contributed by atoms with Gasteiger partial charge in [-0.1, -0.05) is 19.1 Å². The second-order valence-electron chi connectivity index (χ2n) is 4.39. The summed E-state index contributed by atoms with van der Waals surface area (Å²) in [4.78, 5) is 4.02. The number of benzene rings is 1. The summed E-state index contributed by atoms with van der Waals surface area (Å²) >= 11 is 0. The molecule has 2 nitrogen and oxygen atoms in total. The second-order valence-corrected chi connectivity index (χ2v) is 4.39. The zero-order chi connectivity index (χ0) is 13.0. The van der Waals surface area contributed by atoms with E-state index in [4.69, 9.17) is 0 Å². The van der Waals surface area contributed by atoms with Gasteiger partial charge in [0.1, 0.15) is 5.82 Å². The molecule has 0 saturated heterocycles. The fourth-order valence-corrected chi connectivity index (χ4v) is 2.26. The molecule has 1 N–H and O–H groups in total. The van der Waals surface area contributed by atoms with E-state index in [1.807, 2.05) is 25.2 Å². The predicted octanol–water partition coefficient (Wildman–Crippen LogP) is 3.28. The van der Waals surface area contributed by atoms with Gasteiger partial charge in [0, 0.05) is 24.4 Å². The van der Waals surface area contributed by atoms with Crippen molar-refractivity contribution >= 4 is 0 Å². The summed E-state index contributed by atoms with van der Waals surface area (Å²) in [6, 6.07) is 10.8. The van der Waals surface area contributed by atoms with Crippen molar-refractivity contribution in [3.63, 3.8) is 0 Å². The summed E-state index contributed by atoms with van der Waals surface area (Å²) in [5.41, 5.74) is 2.15. The van der Waals surface area contributed by atoms with E-state index >= 15 is 0 Å². The maximum absolute atomic E-state index is 13.3. The topological polar surface area (TPSA) is 24.9 Å². The summed E-state index contributed by atoms with van der Waals surface area (Å²) in [5.74, 6) is 0.0504. The van der Waals surface area contributed by atoms with Gasteiger partial charge >= 0.3 is 0 Å². The largest absolute Gasteiger partial charge is 0.312 e. The highest BCUT2D eigenvalue weighted by Gasteiger charge is 2.19. The third-order valence-corrected chi connectivity index (χ3v) is 3.25. The Morgan fingerprint density at radius 2 is 1.83 bits per heavy atom. The molecule has 2 rings (SSSR count). The maximum Gasteiger partial charge on any atom is 0.123 e. The van der Waals surface area contributed by atoms with Gasteiger partial charge in [0.2, 0.25) is 0 Å². The molecule has 2 unspecified atom stereocenters.